The third-order valence-electron chi connectivity index (χ3n) is 4.85. The van der Waals surface area contributed by atoms with Crippen LogP contribution in [-0.2, 0) is 11.3 Å². The standard InChI is InChI=1S/C18H21N5O6/c1-28-11-3-2-9(4-10(11)25)5-19-16-13-17(21-7-20-16)23(8-22-13)18-15(27)14(26)12(6-24)29-18/h2-4,7-8,12,14-15,18,24-27H,5-6H2,1H3,(H,19,20,21)/t12-,14-,15+,18?/m1/s1. The van der Waals surface area contributed by atoms with E-state index in [1.165, 1.54) is 24.3 Å². The molecule has 11 heteroatoms. The van der Waals surface area contributed by atoms with E-state index in [1.807, 2.05) is 6.07 Å². The van der Waals surface area contributed by atoms with Crippen molar-refractivity contribution in [3.8, 4) is 11.5 Å². The molecule has 0 bridgehead atoms. The van der Waals surface area contributed by atoms with Crippen molar-refractivity contribution in [2.75, 3.05) is 19.0 Å². The van der Waals surface area contributed by atoms with E-state index in [0.717, 1.165) is 5.56 Å². The highest BCUT2D eigenvalue weighted by Crippen LogP contribution is 2.32. The number of aromatic hydroxyl groups is 1. The van der Waals surface area contributed by atoms with Crippen LogP contribution in [0.5, 0.6) is 11.5 Å². The second kappa shape index (κ2) is 7.79. The summed E-state index contributed by atoms with van der Waals surface area (Å²) in [5.74, 6) is 0.875. The second-order valence-corrected chi connectivity index (χ2v) is 6.63. The molecule has 3 heterocycles. The average Bonchev–Trinajstić information content (AvgIpc) is 3.28. The molecular formula is C18H21N5O6. The summed E-state index contributed by atoms with van der Waals surface area (Å²) in [6.45, 7) is -0.0533. The van der Waals surface area contributed by atoms with E-state index in [0.29, 0.717) is 29.3 Å². The number of methoxy groups -OCH3 is 1. The lowest BCUT2D eigenvalue weighted by atomic mass is 10.1. The van der Waals surface area contributed by atoms with E-state index < -0.39 is 31.1 Å². The number of nitrogens with one attached hydrogen (secondary N) is 1. The first kappa shape index (κ1) is 19.3. The van der Waals surface area contributed by atoms with Gasteiger partial charge in [-0.25, -0.2) is 15.0 Å². The molecule has 29 heavy (non-hydrogen) atoms. The van der Waals surface area contributed by atoms with Crippen molar-refractivity contribution in [2.24, 2.45) is 0 Å². The van der Waals surface area contributed by atoms with Crippen molar-refractivity contribution >= 4 is 17.0 Å². The summed E-state index contributed by atoms with van der Waals surface area (Å²) < 4.78 is 12.1. The summed E-state index contributed by atoms with van der Waals surface area (Å²) in [6, 6.07) is 5.06. The van der Waals surface area contributed by atoms with Crippen molar-refractivity contribution < 1.29 is 29.9 Å². The Hall–Kier alpha value is -2.99. The number of benzene rings is 1. The summed E-state index contributed by atoms with van der Waals surface area (Å²) in [5, 5.41) is 42.6. The van der Waals surface area contributed by atoms with Gasteiger partial charge in [0.05, 0.1) is 20.0 Å². The molecule has 1 aliphatic rings. The van der Waals surface area contributed by atoms with Crippen LogP contribution in [0, 0.1) is 0 Å². The number of imidazole rings is 1. The zero-order valence-corrected chi connectivity index (χ0v) is 15.5. The smallest absolute Gasteiger partial charge is 0.167 e. The van der Waals surface area contributed by atoms with Crippen LogP contribution >= 0.6 is 0 Å². The molecule has 2 aromatic heterocycles. The van der Waals surface area contributed by atoms with Gasteiger partial charge in [0.1, 0.15) is 24.6 Å². The van der Waals surface area contributed by atoms with Gasteiger partial charge in [-0.3, -0.25) is 4.57 Å². The van der Waals surface area contributed by atoms with E-state index in [1.54, 1.807) is 12.1 Å². The molecule has 1 saturated heterocycles. The topological polar surface area (TPSA) is 155 Å². The van der Waals surface area contributed by atoms with E-state index in [9.17, 15) is 20.4 Å². The van der Waals surface area contributed by atoms with Crippen LogP contribution in [0.25, 0.3) is 11.2 Å². The average molecular weight is 403 g/mol. The summed E-state index contributed by atoms with van der Waals surface area (Å²) in [7, 11) is 1.48. The molecule has 11 nitrogen and oxygen atoms in total. The molecule has 1 fully saturated rings. The highest BCUT2D eigenvalue weighted by Gasteiger charge is 2.44. The maximum absolute atomic E-state index is 10.3. The fraction of sp³-hybridized carbons (Fsp3) is 0.389. The number of aromatic nitrogens is 4. The van der Waals surface area contributed by atoms with Crippen LogP contribution in [0.15, 0.2) is 30.9 Å². The van der Waals surface area contributed by atoms with Crippen molar-refractivity contribution in [3.63, 3.8) is 0 Å². The van der Waals surface area contributed by atoms with Crippen LogP contribution in [0.1, 0.15) is 11.8 Å². The Morgan fingerprint density at radius 1 is 1.21 bits per heavy atom. The highest BCUT2D eigenvalue weighted by molar-refractivity contribution is 5.82. The number of ether oxygens (including phenoxy) is 2. The molecule has 0 saturated carbocycles. The molecule has 0 amide bonds. The van der Waals surface area contributed by atoms with Gasteiger partial charge in [0.15, 0.2) is 34.7 Å². The minimum Gasteiger partial charge on any atom is -0.504 e. The fourth-order valence-corrected chi connectivity index (χ4v) is 3.31. The Morgan fingerprint density at radius 3 is 2.72 bits per heavy atom. The molecule has 5 N–H and O–H groups in total. The number of anilines is 1. The third-order valence-corrected chi connectivity index (χ3v) is 4.85. The zero-order chi connectivity index (χ0) is 20.5. The summed E-state index contributed by atoms with van der Waals surface area (Å²) in [5.41, 5.74) is 1.65. The number of fused-ring (bicyclic) bond motifs is 1. The van der Waals surface area contributed by atoms with Gasteiger partial charge in [-0.2, -0.15) is 0 Å². The largest absolute Gasteiger partial charge is 0.504 e. The van der Waals surface area contributed by atoms with Crippen LogP contribution < -0.4 is 10.1 Å². The van der Waals surface area contributed by atoms with Crippen LogP contribution in [-0.4, -0.2) is 72.0 Å². The molecule has 0 aliphatic carbocycles. The third kappa shape index (κ3) is 3.44. The van der Waals surface area contributed by atoms with E-state index >= 15 is 0 Å². The van der Waals surface area contributed by atoms with Crippen LogP contribution in [0.4, 0.5) is 5.82 Å². The van der Waals surface area contributed by atoms with Crippen molar-refractivity contribution in [1.29, 1.82) is 0 Å². The van der Waals surface area contributed by atoms with E-state index in [-0.39, 0.29) is 5.75 Å². The second-order valence-electron chi connectivity index (χ2n) is 6.63. The number of hydrogen-bond donors (Lipinski definition) is 5. The highest BCUT2D eigenvalue weighted by atomic mass is 16.6. The number of phenolic OH excluding ortho intramolecular Hbond substituents is 1. The predicted molar refractivity (Wildman–Crippen MR) is 100 cm³/mol. The van der Waals surface area contributed by atoms with Gasteiger partial charge in [0.2, 0.25) is 0 Å². The SMILES string of the molecule is COc1ccc(CNc2ncnc3c2ncn3C2O[C@H](CO)[C@@H](O)[C@@H]2O)cc1O. The molecule has 154 valence electrons. The minimum atomic E-state index is -1.24. The molecule has 1 unspecified atom stereocenters. The lowest BCUT2D eigenvalue weighted by Gasteiger charge is -2.16. The number of rotatable bonds is 6. The summed E-state index contributed by atoms with van der Waals surface area (Å²) >= 11 is 0. The number of phenols is 1. The molecule has 1 aliphatic heterocycles. The molecule has 0 spiro atoms. The monoisotopic (exact) mass is 403 g/mol. The van der Waals surface area contributed by atoms with Gasteiger partial charge in [-0.1, -0.05) is 6.07 Å². The predicted octanol–water partition coefficient (Wildman–Crippen LogP) is -0.236. The first-order chi connectivity index (χ1) is 14.0. The van der Waals surface area contributed by atoms with Crippen LogP contribution in [0.3, 0.4) is 0 Å². The first-order valence-corrected chi connectivity index (χ1v) is 8.93. The zero-order valence-electron chi connectivity index (χ0n) is 15.5. The fourth-order valence-electron chi connectivity index (χ4n) is 3.31. The Kier molecular flexibility index (Phi) is 5.20. The maximum atomic E-state index is 10.3. The Labute approximate surface area is 165 Å². The van der Waals surface area contributed by atoms with Crippen molar-refractivity contribution in [3.05, 3.63) is 36.4 Å². The number of hydrogen-bond acceptors (Lipinski definition) is 10. The first-order valence-electron chi connectivity index (χ1n) is 8.93. The molecule has 4 atom stereocenters. The lowest BCUT2D eigenvalue weighted by molar-refractivity contribution is -0.0511. The van der Waals surface area contributed by atoms with Gasteiger partial charge < -0.3 is 35.2 Å². The van der Waals surface area contributed by atoms with Crippen molar-refractivity contribution in [2.45, 2.75) is 31.1 Å². The van der Waals surface area contributed by atoms with E-state index in [4.69, 9.17) is 9.47 Å². The number of nitrogens with zero attached hydrogens (tertiary/aromatic N) is 4. The van der Waals surface area contributed by atoms with Crippen LogP contribution in [0.2, 0.25) is 0 Å². The summed E-state index contributed by atoms with van der Waals surface area (Å²) in [6.07, 6.45) is -1.51. The number of aliphatic hydroxyl groups excluding tert-OH is 3. The molecule has 1 aromatic carbocycles. The molecule has 3 aromatic rings. The molecular weight excluding hydrogens is 382 g/mol. The quantitative estimate of drug-likeness (QED) is 0.372. The maximum Gasteiger partial charge on any atom is 0.167 e. The summed E-state index contributed by atoms with van der Waals surface area (Å²) in [4.78, 5) is 12.7. The normalized spacial score (nSPS) is 24.1. The van der Waals surface area contributed by atoms with Gasteiger partial charge in [-0.15, -0.1) is 0 Å². The van der Waals surface area contributed by atoms with E-state index in [2.05, 4.69) is 20.3 Å². The van der Waals surface area contributed by atoms with Gasteiger partial charge in [-0.05, 0) is 17.7 Å². The molecule has 0 radical (unpaired) electrons. The lowest BCUT2D eigenvalue weighted by Crippen LogP contribution is -2.33. The molecule has 4 rings (SSSR count). The minimum absolute atomic E-state index is 0.0354. The number of aliphatic hydroxyl groups is 3. The Balaban J connectivity index is 1.57. The van der Waals surface area contributed by atoms with Crippen molar-refractivity contribution in [1.82, 2.24) is 19.5 Å². The Bertz CT molecular complexity index is 1010. The van der Waals surface area contributed by atoms with Gasteiger partial charge in [0, 0.05) is 6.54 Å². The Morgan fingerprint density at radius 2 is 2.03 bits per heavy atom. The van der Waals surface area contributed by atoms with Gasteiger partial charge >= 0.3 is 0 Å². The van der Waals surface area contributed by atoms with Gasteiger partial charge in [0.25, 0.3) is 0 Å².